The molecule has 1 aliphatic rings. The van der Waals surface area contributed by atoms with Crippen LogP contribution in [0.15, 0.2) is 27.5 Å². The van der Waals surface area contributed by atoms with Gasteiger partial charge < -0.3 is 0 Å². The number of hydrogen-bond donors (Lipinski definition) is 0. The van der Waals surface area contributed by atoms with Gasteiger partial charge in [-0.2, -0.15) is 12.8 Å². The Kier molecular flexibility index (Phi) is 1.53. The van der Waals surface area contributed by atoms with Crippen molar-refractivity contribution in [3.05, 3.63) is 29.6 Å². The molecule has 1 aromatic rings. The van der Waals surface area contributed by atoms with E-state index in [9.17, 15) is 12.8 Å². The van der Waals surface area contributed by atoms with Gasteiger partial charge in [0.1, 0.15) is 10.7 Å². The minimum Gasteiger partial charge on any atom is -0.207 e. The third-order valence-electron chi connectivity index (χ3n) is 1.87. The van der Waals surface area contributed by atoms with Crippen LogP contribution in [0.4, 0.5) is 4.39 Å². The minimum atomic E-state index is -3.63. The first-order chi connectivity index (χ1) is 6.00. The maximum Gasteiger partial charge on any atom is 0.283 e. The fourth-order valence-corrected chi connectivity index (χ4v) is 2.60. The van der Waals surface area contributed by atoms with Gasteiger partial charge in [0.15, 0.2) is 0 Å². The van der Waals surface area contributed by atoms with Crippen molar-refractivity contribution in [2.24, 2.45) is 4.40 Å². The molecule has 1 aliphatic heterocycles. The van der Waals surface area contributed by atoms with E-state index in [0.717, 1.165) is 6.07 Å². The SMILES string of the molecule is CC1=NS(=O)(=O)c2cc(F)ccc21. The van der Waals surface area contributed by atoms with Gasteiger partial charge in [-0.3, -0.25) is 0 Å². The third-order valence-corrected chi connectivity index (χ3v) is 3.28. The maximum atomic E-state index is 12.7. The quantitative estimate of drug-likeness (QED) is 0.633. The van der Waals surface area contributed by atoms with Crippen LogP contribution in [0.5, 0.6) is 0 Å². The number of rotatable bonds is 0. The summed E-state index contributed by atoms with van der Waals surface area (Å²) in [6.07, 6.45) is 0. The summed E-state index contributed by atoms with van der Waals surface area (Å²) in [7, 11) is -3.63. The molecular formula is C8H6FNO2S. The first kappa shape index (κ1) is 8.37. The van der Waals surface area contributed by atoms with E-state index < -0.39 is 15.8 Å². The van der Waals surface area contributed by atoms with Gasteiger partial charge in [-0.05, 0) is 25.1 Å². The zero-order valence-electron chi connectivity index (χ0n) is 6.78. The van der Waals surface area contributed by atoms with Gasteiger partial charge in [0, 0.05) is 5.56 Å². The molecule has 1 heterocycles. The van der Waals surface area contributed by atoms with Crippen molar-refractivity contribution in [1.82, 2.24) is 0 Å². The van der Waals surface area contributed by atoms with E-state index in [1.54, 1.807) is 6.92 Å². The number of halogens is 1. The second-order valence-electron chi connectivity index (χ2n) is 2.79. The summed E-state index contributed by atoms with van der Waals surface area (Å²) in [5.74, 6) is -0.563. The molecule has 0 amide bonds. The predicted molar refractivity (Wildman–Crippen MR) is 45.8 cm³/mol. The normalized spacial score (nSPS) is 18.2. The first-order valence-electron chi connectivity index (χ1n) is 3.62. The van der Waals surface area contributed by atoms with Crippen LogP contribution >= 0.6 is 0 Å². The van der Waals surface area contributed by atoms with E-state index in [4.69, 9.17) is 0 Å². The predicted octanol–water partition coefficient (Wildman–Crippen LogP) is 1.34. The van der Waals surface area contributed by atoms with Gasteiger partial charge >= 0.3 is 0 Å². The number of fused-ring (bicyclic) bond motifs is 1. The van der Waals surface area contributed by atoms with Gasteiger partial charge in [0.25, 0.3) is 10.0 Å². The fraction of sp³-hybridized carbons (Fsp3) is 0.125. The minimum absolute atomic E-state index is 0.0370. The zero-order valence-corrected chi connectivity index (χ0v) is 7.60. The lowest BCUT2D eigenvalue weighted by Gasteiger charge is -1.96. The van der Waals surface area contributed by atoms with Crippen molar-refractivity contribution in [1.29, 1.82) is 0 Å². The van der Waals surface area contributed by atoms with Crippen LogP contribution in [0.3, 0.4) is 0 Å². The number of sulfonamides is 1. The van der Waals surface area contributed by atoms with Gasteiger partial charge in [0.2, 0.25) is 0 Å². The molecule has 2 rings (SSSR count). The van der Waals surface area contributed by atoms with Crippen molar-refractivity contribution in [3.8, 4) is 0 Å². The molecule has 0 aromatic heterocycles. The Bertz CT molecular complexity index is 505. The Hall–Kier alpha value is -1.23. The highest BCUT2D eigenvalue weighted by atomic mass is 32.2. The lowest BCUT2D eigenvalue weighted by molar-refractivity contribution is 0.594. The topological polar surface area (TPSA) is 46.5 Å². The summed E-state index contributed by atoms with van der Waals surface area (Å²) in [6, 6.07) is 3.64. The van der Waals surface area contributed by atoms with Gasteiger partial charge in [-0.15, -0.1) is 0 Å². The molecule has 3 nitrogen and oxygen atoms in total. The first-order valence-corrected chi connectivity index (χ1v) is 5.06. The summed E-state index contributed by atoms with van der Waals surface area (Å²) < 4.78 is 38.7. The van der Waals surface area contributed by atoms with E-state index in [-0.39, 0.29) is 4.90 Å². The van der Waals surface area contributed by atoms with Crippen LogP contribution in [-0.4, -0.2) is 14.1 Å². The summed E-state index contributed by atoms with van der Waals surface area (Å²) >= 11 is 0. The molecule has 0 N–H and O–H groups in total. The number of hydrogen-bond acceptors (Lipinski definition) is 2. The molecule has 0 fully saturated rings. The largest absolute Gasteiger partial charge is 0.283 e. The van der Waals surface area contributed by atoms with Crippen molar-refractivity contribution < 1.29 is 12.8 Å². The van der Waals surface area contributed by atoms with E-state index in [2.05, 4.69) is 4.40 Å². The lowest BCUT2D eigenvalue weighted by atomic mass is 10.1. The fourth-order valence-electron chi connectivity index (χ4n) is 1.29. The molecule has 0 saturated heterocycles. The lowest BCUT2D eigenvalue weighted by Crippen LogP contribution is -1.94. The number of benzene rings is 1. The van der Waals surface area contributed by atoms with Crippen LogP contribution in [0.2, 0.25) is 0 Å². The van der Waals surface area contributed by atoms with Crippen LogP contribution in [0.25, 0.3) is 0 Å². The third kappa shape index (κ3) is 1.16. The monoisotopic (exact) mass is 199 g/mol. The summed E-state index contributed by atoms with van der Waals surface area (Å²) in [4.78, 5) is -0.0370. The van der Waals surface area contributed by atoms with Crippen molar-refractivity contribution in [2.75, 3.05) is 0 Å². The second kappa shape index (κ2) is 2.38. The highest BCUT2D eigenvalue weighted by molar-refractivity contribution is 7.90. The van der Waals surface area contributed by atoms with Gasteiger partial charge in [0.05, 0.1) is 5.71 Å². The van der Waals surface area contributed by atoms with Crippen LogP contribution in [-0.2, 0) is 10.0 Å². The summed E-state index contributed by atoms with van der Waals surface area (Å²) in [5, 5.41) is 0. The average Bonchev–Trinajstić information content (AvgIpc) is 2.23. The van der Waals surface area contributed by atoms with Crippen molar-refractivity contribution in [3.63, 3.8) is 0 Å². The van der Waals surface area contributed by atoms with Gasteiger partial charge in [-0.1, -0.05) is 0 Å². The average molecular weight is 199 g/mol. The smallest absolute Gasteiger partial charge is 0.207 e. The highest BCUT2D eigenvalue weighted by Crippen LogP contribution is 2.26. The Morgan fingerprint density at radius 2 is 2.08 bits per heavy atom. The molecule has 1 aromatic carbocycles. The molecule has 0 aliphatic carbocycles. The standard InChI is InChI=1S/C8H6FNO2S/c1-5-7-3-2-6(9)4-8(7)13(11,12)10-5/h2-4H,1H3. The summed E-state index contributed by atoms with van der Waals surface area (Å²) in [6.45, 7) is 1.58. The molecule has 68 valence electrons. The van der Waals surface area contributed by atoms with Crippen molar-refractivity contribution in [2.45, 2.75) is 11.8 Å². The maximum absolute atomic E-state index is 12.7. The highest BCUT2D eigenvalue weighted by Gasteiger charge is 2.26. The Morgan fingerprint density at radius 1 is 1.38 bits per heavy atom. The molecule has 0 bridgehead atoms. The zero-order chi connectivity index (χ0) is 9.64. The van der Waals surface area contributed by atoms with Crippen LogP contribution in [0, 0.1) is 5.82 Å². The summed E-state index contributed by atoms with van der Waals surface area (Å²) in [5.41, 5.74) is 0.899. The van der Waals surface area contributed by atoms with E-state index in [1.165, 1.54) is 12.1 Å². The molecule has 13 heavy (non-hydrogen) atoms. The second-order valence-corrected chi connectivity index (χ2v) is 4.36. The van der Waals surface area contributed by atoms with Gasteiger partial charge in [-0.25, -0.2) is 4.39 Å². The Balaban J connectivity index is 2.83. The molecule has 5 heteroatoms. The molecule has 0 unspecified atom stereocenters. The molecule has 0 atom stereocenters. The molecule has 0 saturated carbocycles. The molecular weight excluding hydrogens is 193 g/mol. The van der Waals surface area contributed by atoms with E-state index >= 15 is 0 Å². The van der Waals surface area contributed by atoms with E-state index in [1.807, 2.05) is 0 Å². The Morgan fingerprint density at radius 3 is 2.77 bits per heavy atom. The number of nitrogens with zero attached hydrogens (tertiary/aromatic N) is 1. The van der Waals surface area contributed by atoms with Crippen molar-refractivity contribution >= 4 is 15.7 Å². The van der Waals surface area contributed by atoms with Crippen LogP contribution in [0.1, 0.15) is 12.5 Å². The Labute approximate surface area is 75.0 Å². The molecule has 0 spiro atoms. The van der Waals surface area contributed by atoms with Crippen LogP contribution < -0.4 is 0 Å². The van der Waals surface area contributed by atoms with E-state index in [0.29, 0.717) is 11.3 Å². The molecule has 0 radical (unpaired) electrons.